The highest BCUT2D eigenvalue weighted by Crippen LogP contribution is 2.25. The van der Waals surface area contributed by atoms with Gasteiger partial charge in [0, 0.05) is 12.0 Å². The van der Waals surface area contributed by atoms with E-state index in [2.05, 4.69) is 15.3 Å². The number of aromatic amines is 1. The van der Waals surface area contributed by atoms with Crippen LogP contribution in [-0.2, 0) is 11.2 Å². The molecule has 6 nitrogen and oxygen atoms in total. The standard InChI is InChI=1S/C21H18N4O2S/c22-19(26)17(11-13-5-2-1-3-6-13)25-21(27)14-8-9-15-16(12-14)24-20(23-15)18-7-4-10-28-18/h1-10,12,17H,11H2,(H2,22,26)(H,23,24)(H,25,27)/t17-/m0/s1. The Kier molecular flexibility index (Phi) is 4.90. The first kappa shape index (κ1) is 17.9. The van der Waals surface area contributed by atoms with E-state index in [1.54, 1.807) is 29.5 Å². The van der Waals surface area contributed by atoms with Crippen LogP contribution in [0.1, 0.15) is 15.9 Å². The third-order valence-electron chi connectivity index (χ3n) is 4.43. The minimum atomic E-state index is -0.783. The molecule has 2 aromatic carbocycles. The molecule has 2 aromatic heterocycles. The van der Waals surface area contributed by atoms with E-state index in [1.807, 2.05) is 47.8 Å². The fraction of sp³-hybridized carbons (Fsp3) is 0.0952. The SMILES string of the molecule is NC(=O)[C@H](Cc1ccccc1)NC(=O)c1ccc2nc(-c3cccs3)[nH]c2c1. The summed E-state index contributed by atoms with van der Waals surface area (Å²) in [5.41, 5.74) is 8.39. The van der Waals surface area contributed by atoms with Crippen molar-refractivity contribution in [2.24, 2.45) is 5.73 Å². The fourth-order valence-electron chi connectivity index (χ4n) is 2.99. The molecule has 4 aromatic rings. The molecular weight excluding hydrogens is 372 g/mol. The third kappa shape index (κ3) is 3.79. The van der Waals surface area contributed by atoms with E-state index in [1.165, 1.54) is 0 Å². The maximum absolute atomic E-state index is 12.7. The van der Waals surface area contributed by atoms with Crippen molar-refractivity contribution in [3.63, 3.8) is 0 Å². The number of imidazole rings is 1. The summed E-state index contributed by atoms with van der Waals surface area (Å²) < 4.78 is 0. The van der Waals surface area contributed by atoms with Crippen molar-refractivity contribution in [3.8, 4) is 10.7 Å². The van der Waals surface area contributed by atoms with E-state index < -0.39 is 11.9 Å². The number of primary amides is 1. The molecule has 4 N–H and O–H groups in total. The molecule has 0 radical (unpaired) electrons. The van der Waals surface area contributed by atoms with Crippen LogP contribution in [0.15, 0.2) is 66.0 Å². The van der Waals surface area contributed by atoms with Gasteiger partial charge in [0.15, 0.2) is 0 Å². The topological polar surface area (TPSA) is 101 Å². The number of carbonyl (C=O) groups is 2. The zero-order valence-electron chi connectivity index (χ0n) is 14.9. The number of hydrogen-bond donors (Lipinski definition) is 3. The van der Waals surface area contributed by atoms with Gasteiger partial charge >= 0.3 is 0 Å². The molecule has 0 fully saturated rings. The van der Waals surface area contributed by atoms with E-state index in [9.17, 15) is 9.59 Å². The lowest BCUT2D eigenvalue weighted by Crippen LogP contribution is -2.45. The first-order chi connectivity index (χ1) is 13.6. The van der Waals surface area contributed by atoms with Crippen LogP contribution in [0, 0.1) is 0 Å². The van der Waals surface area contributed by atoms with Crippen LogP contribution in [0.4, 0.5) is 0 Å². The van der Waals surface area contributed by atoms with E-state index in [0.29, 0.717) is 12.0 Å². The van der Waals surface area contributed by atoms with E-state index in [4.69, 9.17) is 5.73 Å². The zero-order chi connectivity index (χ0) is 19.5. The Morgan fingerprint density at radius 2 is 1.93 bits per heavy atom. The van der Waals surface area contributed by atoms with Crippen molar-refractivity contribution in [1.82, 2.24) is 15.3 Å². The Balaban J connectivity index is 1.54. The average molecular weight is 390 g/mol. The van der Waals surface area contributed by atoms with Crippen LogP contribution >= 0.6 is 11.3 Å². The highest BCUT2D eigenvalue weighted by molar-refractivity contribution is 7.13. The van der Waals surface area contributed by atoms with Gasteiger partial charge in [0.2, 0.25) is 5.91 Å². The molecule has 0 aliphatic rings. The number of aromatic nitrogens is 2. The fourth-order valence-corrected chi connectivity index (χ4v) is 3.66. The number of nitrogens with zero attached hydrogens (tertiary/aromatic N) is 1. The Bertz CT molecular complexity index is 1120. The molecular formula is C21H18N4O2S. The lowest BCUT2D eigenvalue weighted by atomic mass is 10.0. The molecule has 4 rings (SSSR count). The largest absolute Gasteiger partial charge is 0.368 e. The number of hydrogen-bond acceptors (Lipinski definition) is 4. The zero-order valence-corrected chi connectivity index (χ0v) is 15.7. The van der Waals surface area contributed by atoms with Crippen LogP contribution in [0.5, 0.6) is 0 Å². The molecule has 0 saturated heterocycles. The van der Waals surface area contributed by atoms with Gasteiger partial charge in [0.25, 0.3) is 5.91 Å². The Morgan fingerprint density at radius 3 is 2.64 bits per heavy atom. The van der Waals surface area contributed by atoms with E-state index in [-0.39, 0.29) is 5.91 Å². The predicted octanol–water partition coefficient (Wildman–Crippen LogP) is 3.12. The first-order valence-electron chi connectivity index (χ1n) is 8.78. The van der Waals surface area contributed by atoms with Gasteiger partial charge in [-0.15, -0.1) is 11.3 Å². The van der Waals surface area contributed by atoms with Gasteiger partial charge in [0.1, 0.15) is 11.9 Å². The second kappa shape index (κ2) is 7.66. The second-order valence-electron chi connectivity index (χ2n) is 6.41. The molecule has 0 saturated carbocycles. The van der Waals surface area contributed by atoms with Gasteiger partial charge < -0.3 is 16.0 Å². The van der Waals surface area contributed by atoms with E-state index in [0.717, 1.165) is 27.3 Å². The lowest BCUT2D eigenvalue weighted by Gasteiger charge is -2.15. The molecule has 1 atom stereocenters. The van der Waals surface area contributed by atoms with Gasteiger partial charge in [-0.3, -0.25) is 9.59 Å². The summed E-state index contributed by atoms with van der Waals surface area (Å²) in [4.78, 5) is 33.3. The average Bonchev–Trinajstić information content (AvgIpc) is 3.37. The van der Waals surface area contributed by atoms with Gasteiger partial charge in [-0.2, -0.15) is 0 Å². The normalized spacial score (nSPS) is 12.0. The number of carbonyl (C=O) groups excluding carboxylic acids is 2. The van der Waals surface area contributed by atoms with Crippen molar-refractivity contribution in [3.05, 3.63) is 77.2 Å². The summed E-state index contributed by atoms with van der Waals surface area (Å²) >= 11 is 1.59. The monoisotopic (exact) mass is 390 g/mol. The molecule has 140 valence electrons. The lowest BCUT2D eigenvalue weighted by molar-refractivity contribution is -0.119. The van der Waals surface area contributed by atoms with Crippen molar-refractivity contribution in [2.75, 3.05) is 0 Å². The molecule has 2 heterocycles. The van der Waals surface area contributed by atoms with Crippen LogP contribution < -0.4 is 11.1 Å². The highest BCUT2D eigenvalue weighted by Gasteiger charge is 2.20. The maximum Gasteiger partial charge on any atom is 0.252 e. The number of fused-ring (bicyclic) bond motifs is 1. The number of H-pyrrole nitrogens is 1. The first-order valence-corrected chi connectivity index (χ1v) is 9.66. The second-order valence-corrected chi connectivity index (χ2v) is 7.36. The Hall–Kier alpha value is -3.45. The third-order valence-corrected chi connectivity index (χ3v) is 5.31. The molecule has 0 unspecified atom stereocenters. The summed E-state index contributed by atoms with van der Waals surface area (Å²) in [6, 6.07) is 17.8. The number of benzene rings is 2. The molecule has 0 spiro atoms. The summed E-state index contributed by atoms with van der Waals surface area (Å²) in [5.74, 6) is -0.157. The summed E-state index contributed by atoms with van der Waals surface area (Å²) in [7, 11) is 0. The van der Waals surface area contributed by atoms with Crippen molar-refractivity contribution >= 4 is 34.2 Å². The number of amides is 2. The van der Waals surface area contributed by atoms with E-state index >= 15 is 0 Å². The predicted molar refractivity (Wildman–Crippen MR) is 110 cm³/mol. The minimum Gasteiger partial charge on any atom is -0.368 e. The molecule has 2 amide bonds. The van der Waals surface area contributed by atoms with Gasteiger partial charge in [-0.25, -0.2) is 4.98 Å². The molecule has 0 aliphatic carbocycles. The maximum atomic E-state index is 12.7. The van der Waals surface area contributed by atoms with Crippen LogP contribution in [0.3, 0.4) is 0 Å². The van der Waals surface area contributed by atoms with Crippen LogP contribution in [0.2, 0.25) is 0 Å². The molecule has 7 heteroatoms. The van der Waals surface area contributed by atoms with Crippen molar-refractivity contribution < 1.29 is 9.59 Å². The van der Waals surface area contributed by atoms with Crippen molar-refractivity contribution in [2.45, 2.75) is 12.5 Å². The summed E-state index contributed by atoms with van der Waals surface area (Å²) in [5, 5.41) is 4.72. The Morgan fingerprint density at radius 1 is 1.11 bits per heavy atom. The quantitative estimate of drug-likeness (QED) is 0.471. The minimum absolute atomic E-state index is 0.344. The van der Waals surface area contributed by atoms with Crippen molar-refractivity contribution in [1.29, 1.82) is 0 Å². The number of rotatable bonds is 6. The Labute approximate surface area is 165 Å². The molecule has 0 bridgehead atoms. The number of nitrogens with one attached hydrogen (secondary N) is 2. The number of thiophene rings is 1. The summed E-state index contributed by atoms with van der Waals surface area (Å²) in [6.45, 7) is 0. The van der Waals surface area contributed by atoms with Crippen LogP contribution in [-0.4, -0.2) is 27.8 Å². The van der Waals surface area contributed by atoms with Gasteiger partial charge in [-0.1, -0.05) is 36.4 Å². The smallest absolute Gasteiger partial charge is 0.252 e. The van der Waals surface area contributed by atoms with Gasteiger partial charge in [0.05, 0.1) is 15.9 Å². The molecule has 0 aliphatic heterocycles. The van der Waals surface area contributed by atoms with Crippen LogP contribution in [0.25, 0.3) is 21.7 Å². The van der Waals surface area contributed by atoms with Gasteiger partial charge in [-0.05, 0) is 35.2 Å². The summed E-state index contributed by atoms with van der Waals surface area (Å²) in [6.07, 6.45) is 0.344. The number of nitrogens with two attached hydrogens (primary N) is 1. The molecule has 28 heavy (non-hydrogen) atoms. The highest BCUT2D eigenvalue weighted by atomic mass is 32.1.